The van der Waals surface area contributed by atoms with E-state index in [1.807, 2.05) is 78.9 Å². The standard InChI is InChI=1S/C27H22Cl2N4O/c1-17(2)16-32-27(34)33-26(31-32)24(19-10-14-22(29)15-11-19)23(18-8-12-21(28)13-9-18)25(30-33)20-6-4-3-5-7-20/h3-15,17H,16H2,1-2H3. The van der Waals surface area contributed by atoms with Crippen LogP contribution in [0.3, 0.4) is 0 Å². The maximum Gasteiger partial charge on any atom is 0.367 e. The first-order valence-corrected chi connectivity index (χ1v) is 11.8. The third-order valence-electron chi connectivity index (χ3n) is 5.58. The monoisotopic (exact) mass is 488 g/mol. The van der Waals surface area contributed by atoms with Crippen molar-refractivity contribution in [1.29, 1.82) is 0 Å². The molecule has 2 heterocycles. The normalized spacial score (nSPS) is 11.4. The molecule has 5 nitrogen and oxygen atoms in total. The van der Waals surface area contributed by atoms with Gasteiger partial charge in [0.15, 0.2) is 5.65 Å². The lowest BCUT2D eigenvalue weighted by Gasteiger charge is -2.16. The van der Waals surface area contributed by atoms with Gasteiger partial charge in [-0.3, -0.25) is 0 Å². The summed E-state index contributed by atoms with van der Waals surface area (Å²) >= 11 is 12.4. The van der Waals surface area contributed by atoms with Gasteiger partial charge in [0, 0.05) is 33.3 Å². The van der Waals surface area contributed by atoms with Crippen molar-refractivity contribution >= 4 is 28.8 Å². The van der Waals surface area contributed by atoms with Gasteiger partial charge in [0.05, 0.1) is 0 Å². The first-order valence-electron chi connectivity index (χ1n) is 11.0. The highest BCUT2D eigenvalue weighted by Gasteiger charge is 2.24. The van der Waals surface area contributed by atoms with Crippen LogP contribution in [-0.2, 0) is 6.54 Å². The lowest BCUT2D eigenvalue weighted by Crippen LogP contribution is -2.24. The number of rotatable bonds is 5. The molecule has 34 heavy (non-hydrogen) atoms. The Labute approximate surface area is 207 Å². The van der Waals surface area contributed by atoms with Crippen LogP contribution in [0.1, 0.15) is 13.8 Å². The minimum Gasteiger partial charge on any atom is -0.244 e. The van der Waals surface area contributed by atoms with E-state index in [1.165, 1.54) is 9.20 Å². The molecule has 0 unspecified atom stereocenters. The summed E-state index contributed by atoms with van der Waals surface area (Å²) in [6.07, 6.45) is 0. The molecule has 0 saturated heterocycles. The molecule has 0 aliphatic heterocycles. The van der Waals surface area contributed by atoms with Gasteiger partial charge in [-0.25, -0.2) is 9.48 Å². The predicted octanol–water partition coefficient (Wildman–Crippen LogP) is 6.85. The summed E-state index contributed by atoms with van der Waals surface area (Å²) in [7, 11) is 0. The first kappa shape index (κ1) is 22.4. The van der Waals surface area contributed by atoms with Crippen LogP contribution in [0.25, 0.3) is 39.2 Å². The average Bonchev–Trinajstić information content (AvgIpc) is 3.14. The summed E-state index contributed by atoms with van der Waals surface area (Å²) in [5.74, 6) is 0.255. The molecule has 5 rings (SSSR count). The van der Waals surface area contributed by atoms with Crippen LogP contribution >= 0.6 is 23.2 Å². The molecule has 0 spiro atoms. The van der Waals surface area contributed by atoms with Crippen LogP contribution in [0, 0.1) is 5.92 Å². The summed E-state index contributed by atoms with van der Waals surface area (Å²) in [5.41, 5.74) is 5.32. The van der Waals surface area contributed by atoms with E-state index in [1.54, 1.807) is 0 Å². The Bertz CT molecular complexity index is 1520. The van der Waals surface area contributed by atoms with Crippen molar-refractivity contribution < 1.29 is 0 Å². The summed E-state index contributed by atoms with van der Waals surface area (Å²) in [6, 6.07) is 25.0. The Kier molecular flexibility index (Phi) is 5.98. The molecule has 0 amide bonds. The predicted molar refractivity (Wildman–Crippen MR) is 138 cm³/mol. The van der Waals surface area contributed by atoms with Crippen molar-refractivity contribution in [2.45, 2.75) is 20.4 Å². The maximum atomic E-state index is 13.3. The zero-order valence-corrected chi connectivity index (χ0v) is 20.3. The summed E-state index contributed by atoms with van der Waals surface area (Å²) in [6.45, 7) is 4.61. The number of nitrogens with zero attached hydrogens (tertiary/aromatic N) is 4. The van der Waals surface area contributed by atoms with Crippen LogP contribution in [-0.4, -0.2) is 19.4 Å². The van der Waals surface area contributed by atoms with Crippen LogP contribution < -0.4 is 5.69 Å². The molecule has 7 heteroatoms. The fourth-order valence-electron chi connectivity index (χ4n) is 4.08. The number of hydrogen-bond donors (Lipinski definition) is 0. The van der Waals surface area contributed by atoms with E-state index in [0.29, 0.717) is 27.9 Å². The van der Waals surface area contributed by atoms with Crippen molar-refractivity contribution in [3.63, 3.8) is 0 Å². The van der Waals surface area contributed by atoms with Crippen LogP contribution in [0.4, 0.5) is 0 Å². The van der Waals surface area contributed by atoms with E-state index in [2.05, 4.69) is 13.8 Å². The number of benzene rings is 3. The number of hydrogen-bond acceptors (Lipinski definition) is 3. The van der Waals surface area contributed by atoms with Crippen molar-refractivity contribution in [3.05, 3.63) is 99.4 Å². The van der Waals surface area contributed by atoms with Gasteiger partial charge in [0.1, 0.15) is 5.69 Å². The molecule has 3 aromatic carbocycles. The zero-order valence-electron chi connectivity index (χ0n) is 18.7. The Hall–Kier alpha value is -3.41. The highest BCUT2D eigenvalue weighted by Crippen LogP contribution is 2.41. The van der Waals surface area contributed by atoms with Crippen molar-refractivity contribution in [2.75, 3.05) is 0 Å². The lowest BCUT2D eigenvalue weighted by molar-refractivity contribution is 0.469. The largest absolute Gasteiger partial charge is 0.367 e. The van der Waals surface area contributed by atoms with E-state index in [-0.39, 0.29) is 11.6 Å². The number of fused-ring (bicyclic) bond motifs is 1. The molecular formula is C27H22Cl2N4O. The molecule has 0 fully saturated rings. The summed E-state index contributed by atoms with van der Waals surface area (Å²) < 4.78 is 2.90. The number of aromatic nitrogens is 4. The fraction of sp³-hybridized carbons (Fsp3) is 0.148. The quantitative estimate of drug-likeness (QED) is 0.271. The van der Waals surface area contributed by atoms with Gasteiger partial charge in [-0.1, -0.05) is 91.6 Å². The van der Waals surface area contributed by atoms with Gasteiger partial charge in [0.2, 0.25) is 0 Å². The molecular weight excluding hydrogens is 467 g/mol. The highest BCUT2D eigenvalue weighted by atomic mass is 35.5. The van der Waals surface area contributed by atoms with E-state index < -0.39 is 0 Å². The van der Waals surface area contributed by atoms with Gasteiger partial charge < -0.3 is 0 Å². The van der Waals surface area contributed by atoms with Crippen molar-refractivity contribution in [1.82, 2.24) is 19.4 Å². The van der Waals surface area contributed by atoms with Gasteiger partial charge in [0.25, 0.3) is 0 Å². The van der Waals surface area contributed by atoms with Crippen molar-refractivity contribution in [3.8, 4) is 33.5 Å². The highest BCUT2D eigenvalue weighted by molar-refractivity contribution is 6.31. The van der Waals surface area contributed by atoms with Crippen LogP contribution in [0.2, 0.25) is 10.0 Å². The molecule has 0 N–H and O–H groups in total. The van der Waals surface area contributed by atoms with Gasteiger partial charge >= 0.3 is 5.69 Å². The van der Waals surface area contributed by atoms with Crippen LogP contribution in [0.5, 0.6) is 0 Å². The molecule has 2 aromatic heterocycles. The van der Waals surface area contributed by atoms with Crippen molar-refractivity contribution in [2.24, 2.45) is 5.92 Å². The Balaban J connectivity index is 1.95. The molecule has 0 atom stereocenters. The number of halogens is 2. The second-order valence-corrected chi connectivity index (χ2v) is 9.45. The first-order chi connectivity index (χ1) is 16.4. The minimum atomic E-state index is -0.265. The summed E-state index contributed by atoms with van der Waals surface area (Å²) in [4.78, 5) is 13.3. The second kappa shape index (κ2) is 9.09. The molecule has 5 aromatic rings. The minimum absolute atomic E-state index is 0.255. The van der Waals surface area contributed by atoms with E-state index in [9.17, 15) is 4.79 Å². The third kappa shape index (κ3) is 4.13. The molecule has 0 aliphatic rings. The summed E-state index contributed by atoms with van der Waals surface area (Å²) in [5, 5.41) is 10.8. The lowest BCUT2D eigenvalue weighted by atomic mass is 9.92. The second-order valence-electron chi connectivity index (χ2n) is 8.57. The van der Waals surface area contributed by atoms with Gasteiger partial charge in [-0.15, -0.1) is 5.10 Å². The van der Waals surface area contributed by atoms with Crippen LogP contribution in [0.15, 0.2) is 83.7 Å². The molecule has 0 aliphatic carbocycles. The fourth-order valence-corrected chi connectivity index (χ4v) is 4.33. The molecule has 0 bridgehead atoms. The SMILES string of the molecule is CC(C)Cn1nc2c(-c3ccc(Cl)cc3)c(-c3ccc(Cl)cc3)c(-c3ccccc3)nn2c1=O. The Morgan fingerprint density at radius 3 is 1.85 bits per heavy atom. The third-order valence-corrected chi connectivity index (χ3v) is 6.08. The van der Waals surface area contributed by atoms with E-state index in [0.717, 1.165) is 27.8 Å². The molecule has 170 valence electrons. The molecule has 0 saturated carbocycles. The van der Waals surface area contributed by atoms with E-state index in [4.69, 9.17) is 33.4 Å². The average molecular weight is 489 g/mol. The Morgan fingerprint density at radius 2 is 1.29 bits per heavy atom. The smallest absolute Gasteiger partial charge is 0.244 e. The zero-order chi connectivity index (χ0) is 23.8. The molecule has 0 radical (unpaired) electrons. The van der Waals surface area contributed by atoms with E-state index >= 15 is 0 Å². The topological polar surface area (TPSA) is 52.2 Å². The maximum absolute atomic E-state index is 13.3. The Morgan fingerprint density at radius 1 is 0.735 bits per heavy atom. The van der Waals surface area contributed by atoms with Gasteiger partial charge in [-0.05, 0) is 41.3 Å². The van der Waals surface area contributed by atoms with Gasteiger partial charge in [-0.2, -0.15) is 9.61 Å².